The van der Waals surface area contributed by atoms with Gasteiger partial charge >= 0.3 is 5.91 Å². The Balaban J connectivity index is 1.71. The van der Waals surface area contributed by atoms with Crippen molar-refractivity contribution in [3.63, 3.8) is 0 Å². The van der Waals surface area contributed by atoms with Crippen molar-refractivity contribution in [1.29, 1.82) is 0 Å². The number of amides is 1. The van der Waals surface area contributed by atoms with Gasteiger partial charge in [0.1, 0.15) is 11.5 Å². The van der Waals surface area contributed by atoms with Gasteiger partial charge in [0.05, 0.1) is 42.2 Å². The maximum Gasteiger partial charge on any atom is 0.301 e. The number of Topliss-reactive ketones (excluding diaryl/α,β-unsaturated/α-hetero) is 1. The largest absolute Gasteiger partial charge is 0.507 e. The second-order valence-corrected chi connectivity index (χ2v) is 9.45. The highest BCUT2D eigenvalue weighted by Crippen LogP contribution is 2.46. The molecule has 0 radical (unpaired) electrons. The lowest BCUT2D eigenvalue weighted by Gasteiger charge is -2.24. The monoisotopic (exact) mass is 530 g/mol. The van der Waals surface area contributed by atoms with Crippen molar-refractivity contribution in [2.24, 2.45) is 0 Å². The molecule has 194 valence electrons. The Labute approximate surface area is 223 Å². The minimum atomic E-state index is -0.938. The Morgan fingerprint density at radius 3 is 2.45 bits per heavy atom. The van der Waals surface area contributed by atoms with Gasteiger partial charge < -0.3 is 19.3 Å². The molecule has 1 saturated heterocycles. The zero-order chi connectivity index (χ0) is 26.8. The summed E-state index contributed by atoms with van der Waals surface area (Å²) in [6, 6.07) is 18.4. The van der Waals surface area contributed by atoms with Crippen LogP contribution in [0.25, 0.3) is 16.0 Å². The van der Waals surface area contributed by atoms with Crippen molar-refractivity contribution in [2.45, 2.75) is 19.9 Å². The maximum absolute atomic E-state index is 13.5. The SMILES string of the molecule is CCOc1ccc2nc(N3C(=O)C(=O)C(=C(O)c4ccccc4)C3c3ccc(OCC)c(OC)c3)sc2c1. The summed E-state index contributed by atoms with van der Waals surface area (Å²) in [6.07, 6.45) is 0. The molecule has 9 heteroatoms. The van der Waals surface area contributed by atoms with Crippen molar-refractivity contribution in [3.8, 4) is 17.2 Å². The highest BCUT2D eigenvalue weighted by atomic mass is 32.1. The van der Waals surface area contributed by atoms with Crippen LogP contribution in [0.5, 0.6) is 17.2 Å². The molecule has 0 aliphatic carbocycles. The number of hydrogen-bond acceptors (Lipinski definition) is 8. The van der Waals surface area contributed by atoms with E-state index in [1.807, 2.05) is 38.1 Å². The Bertz CT molecular complexity index is 1550. The molecule has 5 rings (SSSR count). The third-order valence-electron chi connectivity index (χ3n) is 6.16. The molecule has 1 fully saturated rings. The first-order chi connectivity index (χ1) is 18.5. The molecule has 0 saturated carbocycles. The lowest BCUT2D eigenvalue weighted by Crippen LogP contribution is -2.29. The Hall–Kier alpha value is -4.37. The zero-order valence-electron chi connectivity index (χ0n) is 21.1. The average molecular weight is 531 g/mol. The Morgan fingerprint density at radius 1 is 0.974 bits per heavy atom. The summed E-state index contributed by atoms with van der Waals surface area (Å²) in [5, 5.41) is 11.6. The molecule has 0 bridgehead atoms. The highest BCUT2D eigenvalue weighted by Gasteiger charge is 2.48. The molecule has 1 amide bonds. The molecule has 4 aromatic rings. The number of anilines is 1. The predicted octanol–water partition coefficient (Wildman–Crippen LogP) is 5.73. The van der Waals surface area contributed by atoms with Crippen LogP contribution in [-0.2, 0) is 9.59 Å². The van der Waals surface area contributed by atoms with Gasteiger partial charge in [0.25, 0.3) is 5.78 Å². The topological polar surface area (TPSA) is 98.2 Å². The molecule has 8 nitrogen and oxygen atoms in total. The van der Waals surface area contributed by atoms with E-state index in [1.165, 1.54) is 23.3 Å². The number of thiazole rings is 1. The van der Waals surface area contributed by atoms with Gasteiger partial charge in [0.2, 0.25) is 0 Å². The fourth-order valence-electron chi connectivity index (χ4n) is 4.48. The number of nitrogens with zero attached hydrogens (tertiary/aromatic N) is 2. The molecule has 1 aromatic heterocycles. The Kier molecular flexibility index (Phi) is 7.02. The Morgan fingerprint density at radius 2 is 1.74 bits per heavy atom. The van der Waals surface area contributed by atoms with Gasteiger partial charge in [-0.05, 0) is 49.7 Å². The number of ether oxygens (including phenoxy) is 3. The van der Waals surface area contributed by atoms with Crippen LogP contribution in [0.3, 0.4) is 0 Å². The van der Waals surface area contributed by atoms with Crippen molar-refractivity contribution in [3.05, 3.63) is 83.4 Å². The minimum absolute atomic E-state index is 0.0262. The molecule has 1 unspecified atom stereocenters. The number of fused-ring (bicyclic) bond motifs is 1. The van der Waals surface area contributed by atoms with E-state index < -0.39 is 17.7 Å². The van der Waals surface area contributed by atoms with Gasteiger partial charge in [0, 0.05) is 5.56 Å². The summed E-state index contributed by atoms with van der Waals surface area (Å²) in [5.41, 5.74) is 1.64. The van der Waals surface area contributed by atoms with Crippen LogP contribution in [0.15, 0.2) is 72.3 Å². The maximum atomic E-state index is 13.5. The van der Waals surface area contributed by atoms with E-state index in [-0.39, 0.29) is 11.3 Å². The number of methoxy groups -OCH3 is 1. The summed E-state index contributed by atoms with van der Waals surface area (Å²) >= 11 is 1.27. The van der Waals surface area contributed by atoms with Crippen molar-refractivity contribution < 1.29 is 28.9 Å². The quantitative estimate of drug-likeness (QED) is 0.177. The van der Waals surface area contributed by atoms with Crippen molar-refractivity contribution >= 4 is 44.1 Å². The number of hydrogen-bond donors (Lipinski definition) is 1. The van der Waals surface area contributed by atoms with Crippen LogP contribution in [0, 0.1) is 0 Å². The summed E-state index contributed by atoms with van der Waals surface area (Å²) in [7, 11) is 1.52. The number of aliphatic hydroxyl groups is 1. The van der Waals surface area contributed by atoms with Crippen LogP contribution < -0.4 is 19.1 Å². The number of aromatic nitrogens is 1. The van der Waals surface area contributed by atoms with Gasteiger partial charge in [0.15, 0.2) is 16.6 Å². The van der Waals surface area contributed by atoms with E-state index >= 15 is 0 Å². The summed E-state index contributed by atoms with van der Waals surface area (Å²) < 4.78 is 17.6. The molecular weight excluding hydrogens is 504 g/mol. The highest BCUT2D eigenvalue weighted by molar-refractivity contribution is 7.22. The molecule has 38 heavy (non-hydrogen) atoms. The van der Waals surface area contributed by atoms with Crippen LogP contribution in [-0.4, -0.2) is 42.1 Å². The molecule has 0 spiro atoms. The van der Waals surface area contributed by atoms with Gasteiger partial charge in [-0.15, -0.1) is 0 Å². The smallest absolute Gasteiger partial charge is 0.301 e. The normalized spacial score (nSPS) is 16.7. The van der Waals surface area contributed by atoms with E-state index in [0.717, 1.165) is 4.70 Å². The van der Waals surface area contributed by atoms with Gasteiger partial charge in [-0.25, -0.2) is 4.98 Å². The van der Waals surface area contributed by atoms with Crippen molar-refractivity contribution in [1.82, 2.24) is 4.98 Å². The third-order valence-corrected chi connectivity index (χ3v) is 7.18. The van der Waals surface area contributed by atoms with Gasteiger partial charge in [-0.2, -0.15) is 0 Å². The summed E-state index contributed by atoms with van der Waals surface area (Å²) in [5.74, 6) is -0.163. The van der Waals surface area contributed by atoms with Crippen LogP contribution >= 0.6 is 11.3 Å². The van der Waals surface area contributed by atoms with Gasteiger partial charge in [-0.1, -0.05) is 47.7 Å². The number of benzene rings is 3. The van der Waals surface area contributed by atoms with Crippen LogP contribution in [0.4, 0.5) is 5.13 Å². The lowest BCUT2D eigenvalue weighted by atomic mass is 9.95. The average Bonchev–Trinajstić information content (AvgIpc) is 3.47. The number of carbonyl (C=O) groups excluding carboxylic acids is 2. The van der Waals surface area contributed by atoms with E-state index in [9.17, 15) is 14.7 Å². The number of rotatable bonds is 8. The molecular formula is C29H26N2O6S. The summed E-state index contributed by atoms with van der Waals surface area (Å²) in [4.78, 5) is 33.0. The minimum Gasteiger partial charge on any atom is -0.507 e. The van der Waals surface area contributed by atoms with E-state index in [2.05, 4.69) is 4.98 Å². The number of carbonyl (C=O) groups is 2. The molecule has 2 heterocycles. The van der Waals surface area contributed by atoms with E-state index in [4.69, 9.17) is 14.2 Å². The fraction of sp³-hybridized carbons (Fsp3) is 0.207. The second-order valence-electron chi connectivity index (χ2n) is 8.44. The fourth-order valence-corrected chi connectivity index (χ4v) is 5.50. The molecule has 1 N–H and O–H groups in total. The number of aliphatic hydroxyl groups excluding tert-OH is 1. The standard InChI is InChI=1S/C29H26N2O6S/c1-4-36-19-12-13-20-23(16-19)38-29(30-20)31-25(18-11-14-21(37-5-2)22(15-18)35-3)24(27(33)28(31)34)26(32)17-9-7-6-8-10-17/h6-16,25,32H,4-5H2,1-3H3. The zero-order valence-corrected chi connectivity index (χ0v) is 22.0. The molecule has 1 atom stereocenters. The first kappa shape index (κ1) is 25.3. The van der Waals surface area contributed by atoms with Crippen LogP contribution in [0.1, 0.15) is 31.0 Å². The molecule has 1 aliphatic heterocycles. The summed E-state index contributed by atoms with van der Waals surface area (Å²) in [6.45, 7) is 4.73. The first-order valence-corrected chi connectivity index (χ1v) is 13.0. The van der Waals surface area contributed by atoms with E-state index in [0.29, 0.717) is 52.2 Å². The van der Waals surface area contributed by atoms with Crippen molar-refractivity contribution in [2.75, 3.05) is 25.2 Å². The first-order valence-electron chi connectivity index (χ1n) is 12.2. The van der Waals surface area contributed by atoms with Crippen LogP contribution in [0.2, 0.25) is 0 Å². The molecule has 3 aromatic carbocycles. The van der Waals surface area contributed by atoms with Gasteiger partial charge in [-0.3, -0.25) is 14.5 Å². The second kappa shape index (κ2) is 10.5. The third kappa shape index (κ3) is 4.45. The predicted molar refractivity (Wildman–Crippen MR) is 146 cm³/mol. The lowest BCUT2D eigenvalue weighted by molar-refractivity contribution is -0.132. The van der Waals surface area contributed by atoms with E-state index in [1.54, 1.807) is 42.5 Å². The molecule has 1 aliphatic rings. The number of ketones is 1.